The van der Waals surface area contributed by atoms with Crippen molar-refractivity contribution in [2.24, 2.45) is 0 Å². The van der Waals surface area contributed by atoms with E-state index in [0.717, 1.165) is 43.1 Å². The van der Waals surface area contributed by atoms with Crippen molar-refractivity contribution < 1.29 is 18.0 Å². The van der Waals surface area contributed by atoms with E-state index in [0.29, 0.717) is 18.1 Å². The van der Waals surface area contributed by atoms with Crippen LogP contribution in [0.25, 0.3) is 0 Å². The summed E-state index contributed by atoms with van der Waals surface area (Å²) in [7, 11) is 0. The molecule has 2 aromatic rings. The molecule has 0 saturated carbocycles. The molecule has 1 aromatic carbocycles. The van der Waals surface area contributed by atoms with Gasteiger partial charge in [-0.1, -0.05) is 42.1 Å². The van der Waals surface area contributed by atoms with E-state index in [4.69, 9.17) is 11.6 Å². The van der Waals surface area contributed by atoms with Crippen molar-refractivity contribution in [1.29, 1.82) is 0 Å². The number of nitrogens with zero attached hydrogens (tertiary/aromatic N) is 3. The van der Waals surface area contributed by atoms with Gasteiger partial charge < -0.3 is 9.80 Å². The van der Waals surface area contributed by atoms with E-state index in [1.807, 2.05) is 19.1 Å². The summed E-state index contributed by atoms with van der Waals surface area (Å²) in [5.41, 5.74) is 0.473. The number of carbonyl (C=O) groups excluding carboxylic acids is 1. The van der Waals surface area contributed by atoms with Crippen LogP contribution in [-0.4, -0.2) is 52.1 Å². The molecule has 3 rings (SSSR count). The standard InChI is InChI=1S/C21H26ClF3N4O/c1-15-6-7-17(22)16(12-15)14-29(11-10-28-8-4-2-3-5-9-28)20(30)18-13-19(27-26-18)21(23,24)25/h6-7,12-13H,2-5,8-11,14H2,1H3,(H,26,27). The molecule has 9 heteroatoms. The van der Waals surface area contributed by atoms with Gasteiger partial charge in [-0.05, 0) is 44.5 Å². The molecule has 0 bridgehead atoms. The number of hydrogen-bond donors (Lipinski definition) is 1. The summed E-state index contributed by atoms with van der Waals surface area (Å²) in [5, 5.41) is 6.02. The molecule has 164 valence electrons. The molecule has 1 saturated heterocycles. The lowest BCUT2D eigenvalue weighted by atomic mass is 10.1. The first-order valence-electron chi connectivity index (χ1n) is 10.1. The summed E-state index contributed by atoms with van der Waals surface area (Å²) in [6, 6.07) is 6.29. The fourth-order valence-corrected chi connectivity index (χ4v) is 3.83. The highest BCUT2D eigenvalue weighted by Crippen LogP contribution is 2.28. The molecule has 30 heavy (non-hydrogen) atoms. The summed E-state index contributed by atoms with van der Waals surface area (Å²) in [4.78, 5) is 16.9. The summed E-state index contributed by atoms with van der Waals surface area (Å²) in [5.74, 6) is -0.523. The lowest BCUT2D eigenvalue weighted by molar-refractivity contribution is -0.141. The second-order valence-corrected chi connectivity index (χ2v) is 8.15. The number of hydrogen-bond acceptors (Lipinski definition) is 3. The average molecular weight is 443 g/mol. The van der Waals surface area contributed by atoms with Gasteiger partial charge >= 0.3 is 6.18 Å². The number of amides is 1. The number of aromatic amines is 1. The predicted molar refractivity (Wildman–Crippen MR) is 109 cm³/mol. The van der Waals surface area contributed by atoms with Gasteiger partial charge in [0.25, 0.3) is 5.91 Å². The number of H-pyrrole nitrogens is 1. The Balaban J connectivity index is 1.79. The van der Waals surface area contributed by atoms with E-state index in [1.54, 1.807) is 11.0 Å². The number of alkyl halides is 3. The van der Waals surface area contributed by atoms with E-state index >= 15 is 0 Å². The second-order valence-electron chi connectivity index (χ2n) is 7.74. The minimum Gasteiger partial charge on any atom is -0.332 e. The molecule has 0 radical (unpaired) electrons. The number of likely N-dealkylation sites (tertiary alicyclic amines) is 1. The third kappa shape index (κ3) is 5.98. The van der Waals surface area contributed by atoms with Crippen molar-refractivity contribution >= 4 is 17.5 Å². The molecule has 1 N–H and O–H groups in total. The summed E-state index contributed by atoms with van der Waals surface area (Å²) in [6.07, 6.45) is 0.0326. The zero-order valence-corrected chi connectivity index (χ0v) is 17.7. The number of carbonyl (C=O) groups is 1. The molecule has 1 aliphatic rings. The Kier molecular flexibility index (Phi) is 7.41. The Bertz CT molecular complexity index is 860. The number of aromatic nitrogens is 2. The van der Waals surface area contributed by atoms with Crippen molar-refractivity contribution in [3.63, 3.8) is 0 Å². The van der Waals surface area contributed by atoms with Crippen LogP contribution in [-0.2, 0) is 12.7 Å². The zero-order chi connectivity index (χ0) is 21.7. The Morgan fingerprint density at radius 1 is 1.20 bits per heavy atom. The van der Waals surface area contributed by atoms with Gasteiger partial charge in [0, 0.05) is 30.7 Å². The van der Waals surface area contributed by atoms with Crippen LogP contribution < -0.4 is 0 Å². The lowest BCUT2D eigenvalue weighted by Crippen LogP contribution is -2.39. The average Bonchev–Trinajstić information content (AvgIpc) is 3.06. The normalized spacial score (nSPS) is 15.8. The van der Waals surface area contributed by atoms with Crippen LogP contribution in [0, 0.1) is 6.92 Å². The Labute approximate surface area is 179 Å². The summed E-state index contributed by atoms with van der Waals surface area (Å²) >= 11 is 6.31. The molecule has 1 aliphatic heterocycles. The van der Waals surface area contributed by atoms with Gasteiger partial charge in [-0.3, -0.25) is 9.89 Å². The van der Waals surface area contributed by atoms with Gasteiger partial charge in [0.15, 0.2) is 5.69 Å². The minimum atomic E-state index is -4.61. The first-order chi connectivity index (χ1) is 14.2. The van der Waals surface area contributed by atoms with Crippen LogP contribution in [0.1, 0.15) is 53.0 Å². The molecule has 0 spiro atoms. The van der Waals surface area contributed by atoms with Crippen molar-refractivity contribution in [1.82, 2.24) is 20.0 Å². The smallest absolute Gasteiger partial charge is 0.332 e. The highest BCUT2D eigenvalue weighted by molar-refractivity contribution is 6.31. The van der Waals surface area contributed by atoms with Crippen molar-refractivity contribution in [2.75, 3.05) is 26.2 Å². The molecule has 0 unspecified atom stereocenters. The van der Waals surface area contributed by atoms with Gasteiger partial charge in [0.1, 0.15) is 5.69 Å². The third-order valence-corrected chi connectivity index (χ3v) is 5.70. The topological polar surface area (TPSA) is 52.2 Å². The van der Waals surface area contributed by atoms with E-state index in [1.165, 1.54) is 12.8 Å². The van der Waals surface area contributed by atoms with Crippen LogP contribution in [0.3, 0.4) is 0 Å². The van der Waals surface area contributed by atoms with E-state index in [9.17, 15) is 18.0 Å². The maximum absolute atomic E-state index is 13.1. The number of rotatable bonds is 6. The van der Waals surface area contributed by atoms with Gasteiger partial charge in [-0.25, -0.2) is 0 Å². The molecule has 1 fully saturated rings. The molecule has 0 atom stereocenters. The first-order valence-corrected chi connectivity index (χ1v) is 10.5. The molecular weight excluding hydrogens is 417 g/mol. The summed E-state index contributed by atoms with van der Waals surface area (Å²) in [6.45, 7) is 5.13. The quantitative estimate of drug-likeness (QED) is 0.691. The van der Waals surface area contributed by atoms with E-state index < -0.39 is 17.8 Å². The maximum atomic E-state index is 13.1. The van der Waals surface area contributed by atoms with Crippen LogP contribution in [0.4, 0.5) is 13.2 Å². The number of aryl methyl sites for hydroxylation is 1. The molecule has 0 aliphatic carbocycles. The van der Waals surface area contributed by atoms with Gasteiger partial charge in [-0.15, -0.1) is 0 Å². The summed E-state index contributed by atoms with van der Waals surface area (Å²) < 4.78 is 38.7. The molecular formula is C21H26ClF3N4O. The Hall–Kier alpha value is -2.06. The van der Waals surface area contributed by atoms with Crippen LogP contribution in [0.2, 0.25) is 5.02 Å². The van der Waals surface area contributed by atoms with Gasteiger partial charge in [0.05, 0.1) is 0 Å². The van der Waals surface area contributed by atoms with Crippen molar-refractivity contribution in [3.8, 4) is 0 Å². The maximum Gasteiger partial charge on any atom is 0.435 e. The fraction of sp³-hybridized carbons (Fsp3) is 0.524. The second kappa shape index (κ2) is 9.83. The minimum absolute atomic E-state index is 0.179. The van der Waals surface area contributed by atoms with Crippen LogP contribution >= 0.6 is 11.6 Å². The van der Waals surface area contributed by atoms with E-state index in [-0.39, 0.29) is 12.2 Å². The number of halogens is 4. The predicted octanol–water partition coefficient (Wildman–Crippen LogP) is 4.91. The van der Waals surface area contributed by atoms with Gasteiger partial charge in [0.2, 0.25) is 0 Å². The Morgan fingerprint density at radius 3 is 2.53 bits per heavy atom. The number of nitrogens with one attached hydrogen (secondary N) is 1. The zero-order valence-electron chi connectivity index (χ0n) is 16.9. The molecule has 1 aromatic heterocycles. The molecule has 1 amide bonds. The highest BCUT2D eigenvalue weighted by Gasteiger charge is 2.35. The largest absolute Gasteiger partial charge is 0.435 e. The van der Waals surface area contributed by atoms with Crippen molar-refractivity contribution in [3.05, 3.63) is 51.8 Å². The van der Waals surface area contributed by atoms with Crippen LogP contribution in [0.5, 0.6) is 0 Å². The monoisotopic (exact) mass is 442 g/mol. The molecule has 5 nitrogen and oxygen atoms in total. The third-order valence-electron chi connectivity index (χ3n) is 5.33. The fourth-order valence-electron chi connectivity index (χ4n) is 3.65. The highest BCUT2D eigenvalue weighted by atomic mass is 35.5. The Morgan fingerprint density at radius 2 is 1.90 bits per heavy atom. The molecule has 2 heterocycles. The van der Waals surface area contributed by atoms with Crippen molar-refractivity contribution in [2.45, 2.75) is 45.3 Å². The lowest BCUT2D eigenvalue weighted by Gasteiger charge is -2.27. The number of benzene rings is 1. The van der Waals surface area contributed by atoms with Gasteiger partial charge in [-0.2, -0.15) is 18.3 Å². The van der Waals surface area contributed by atoms with E-state index in [2.05, 4.69) is 15.1 Å². The van der Waals surface area contributed by atoms with Crippen LogP contribution in [0.15, 0.2) is 24.3 Å². The first kappa shape index (κ1) is 22.6. The SMILES string of the molecule is Cc1ccc(Cl)c(CN(CCN2CCCCCC2)C(=O)c2cc(C(F)(F)F)n[nH]2)c1.